The molecular formula is C22H21N3O5. The van der Waals surface area contributed by atoms with Gasteiger partial charge in [0.25, 0.3) is 11.8 Å². The van der Waals surface area contributed by atoms with E-state index in [1.165, 1.54) is 4.90 Å². The van der Waals surface area contributed by atoms with Crippen LogP contribution in [0.4, 0.5) is 4.79 Å². The fourth-order valence-corrected chi connectivity index (χ4v) is 4.30. The maximum atomic E-state index is 13.2. The molecule has 2 aromatic carbocycles. The Morgan fingerprint density at radius 1 is 1.07 bits per heavy atom. The van der Waals surface area contributed by atoms with Crippen molar-refractivity contribution in [3.8, 4) is 11.5 Å². The first-order valence-electron chi connectivity index (χ1n) is 9.93. The number of urea groups is 1. The van der Waals surface area contributed by atoms with Gasteiger partial charge in [0.1, 0.15) is 5.54 Å². The second-order valence-corrected chi connectivity index (χ2v) is 7.79. The van der Waals surface area contributed by atoms with Crippen LogP contribution < -0.4 is 14.8 Å². The first kappa shape index (κ1) is 18.5. The maximum Gasteiger partial charge on any atom is 0.325 e. The van der Waals surface area contributed by atoms with Gasteiger partial charge in [0, 0.05) is 12.1 Å². The van der Waals surface area contributed by atoms with Gasteiger partial charge in [0.05, 0.1) is 13.1 Å². The van der Waals surface area contributed by atoms with Crippen molar-refractivity contribution in [2.75, 3.05) is 19.9 Å². The molecule has 2 aromatic rings. The SMILES string of the molecule is O=C(c1ccc2c(c1)OCO2)N1CCC[C@@]2(C1)NC(=O)N(Cc1ccccc1)C2=O. The van der Waals surface area contributed by atoms with Gasteiger partial charge in [-0.2, -0.15) is 0 Å². The topological polar surface area (TPSA) is 88.2 Å². The van der Waals surface area contributed by atoms with E-state index in [1.54, 1.807) is 23.1 Å². The molecular weight excluding hydrogens is 386 g/mol. The van der Waals surface area contributed by atoms with E-state index in [4.69, 9.17) is 9.47 Å². The van der Waals surface area contributed by atoms with Gasteiger partial charge in [0.2, 0.25) is 6.79 Å². The minimum absolute atomic E-state index is 0.136. The molecule has 3 aliphatic heterocycles. The molecule has 3 aliphatic rings. The summed E-state index contributed by atoms with van der Waals surface area (Å²) in [6.07, 6.45) is 1.13. The minimum Gasteiger partial charge on any atom is -0.454 e. The third-order valence-corrected chi connectivity index (χ3v) is 5.83. The lowest BCUT2D eigenvalue weighted by molar-refractivity contribution is -0.133. The molecule has 0 radical (unpaired) electrons. The first-order chi connectivity index (χ1) is 14.6. The molecule has 8 nitrogen and oxygen atoms in total. The molecule has 8 heteroatoms. The van der Waals surface area contributed by atoms with Gasteiger partial charge in [0.15, 0.2) is 11.5 Å². The van der Waals surface area contributed by atoms with Crippen LogP contribution in [0.5, 0.6) is 11.5 Å². The fraction of sp³-hybridized carbons (Fsp3) is 0.318. The molecule has 0 unspecified atom stereocenters. The van der Waals surface area contributed by atoms with Crippen molar-refractivity contribution in [3.63, 3.8) is 0 Å². The molecule has 1 atom stereocenters. The Bertz CT molecular complexity index is 1020. The highest BCUT2D eigenvalue weighted by atomic mass is 16.7. The number of piperidine rings is 1. The standard InChI is InChI=1S/C22H21N3O5/c26-19(16-7-8-17-18(11-16)30-14-29-17)24-10-4-9-22(13-24)20(27)25(21(28)23-22)12-15-5-2-1-3-6-15/h1-3,5-8,11H,4,9-10,12-14H2,(H,23,28)/t22-/m0/s1. The second kappa shape index (κ2) is 7.05. The number of hydrogen-bond donors (Lipinski definition) is 1. The highest BCUT2D eigenvalue weighted by Crippen LogP contribution is 2.34. The molecule has 30 heavy (non-hydrogen) atoms. The number of fused-ring (bicyclic) bond motifs is 1. The fourth-order valence-electron chi connectivity index (χ4n) is 4.30. The van der Waals surface area contributed by atoms with Crippen LogP contribution in [0.1, 0.15) is 28.8 Å². The molecule has 0 saturated carbocycles. The van der Waals surface area contributed by atoms with Crippen LogP contribution in [0.15, 0.2) is 48.5 Å². The van der Waals surface area contributed by atoms with Gasteiger partial charge < -0.3 is 19.7 Å². The van der Waals surface area contributed by atoms with Crippen molar-refractivity contribution in [1.29, 1.82) is 0 Å². The van der Waals surface area contributed by atoms with E-state index in [-0.39, 0.29) is 31.7 Å². The Morgan fingerprint density at radius 3 is 2.70 bits per heavy atom. The van der Waals surface area contributed by atoms with Crippen LogP contribution in [0.25, 0.3) is 0 Å². The van der Waals surface area contributed by atoms with Crippen LogP contribution in [-0.4, -0.2) is 53.1 Å². The van der Waals surface area contributed by atoms with E-state index in [2.05, 4.69) is 5.32 Å². The highest BCUT2D eigenvalue weighted by molar-refractivity contribution is 6.07. The second-order valence-electron chi connectivity index (χ2n) is 7.79. The molecule has 3 heterocycles. The normalized spacial score (nSPS) is 22.5. The molecule has 2 saturated heterocycles. The number of amides is 4. The summed E-state index contributed by atoms with van der Waals surface area (Å²) in [7, 11) is 0. The number of hydrogen-bond acceptors (Lipinski definition) is 5. The van der Waals surface area contributed by atoms with Gasteiger partial charge in [-0.25, -0.2) is 4.79 Å². The smallest absolute Gasteiger partial charge is 0.325 e. The van der Waals surface area contributed by atoms with E-state index >= 15 is 0 Å². The Labute approximate surface area is 173 Å². The molecule has 0 aliphatic carbocycles. The van der Waals surface area contributed by atoms with E-state index in [1.807, 2.05) is 30.3 Å². The van der Waals surface area contributed by atoms with Crippen LogP contribution in [0.2, 0.25) is 0 Å². The average molecular weight is 407 g/mol. The number of ether oxygens (including phenoxy) is 2. The van der Waals surface area contributed by atoms with Gasteiger partial charge in [-0.3, -0.25) is 14.5 Å². The molecule has 154 valence electrons. The van der Waals surface area contributed by atoms with Crippen LogP contribution >= 0.6 is 0 Å². The summed E-state index contributed by atoms with van der Waals surface area (Å²) in [5.41, 5.74) is 0.271. The summed E-state index contributed by atoms with van der Waals surface area (Å²) in [6, 6.07) is 14.0. The lowest BCUT2D eigenvalue weighted by Crippen LogP contribution is -2.59. The van der Waals surface area contributed by atoms with Gasteiger partial charge in [-0.05, 0) is 36.6 Å². The molecule has 0 aromatic heterocycles. The van der Waals surface area contributed by atoms with E-state index < -0.39 is 11.6 Å². The number of rotatable bonds is 3. The zero-order chi connectivity index (χ0) is 20.7. The van der Waals surface area contributed by atoms with Crippen molar-refractivity contribution in [2.24, 2.45) is 0 Å². The number of likely N-dealkylation sites (tertiary alicyclic amines) is 1. The third-order valence-electron chi connectivity index (χ3n) is 5.83. The summed E-state index contributed by atoms with van der Waals surface area (Å²) in [5.74, 6) is 0.666. The molecule has 0 bridgehead atoms. The zero-order valence-electron chi connectivity index (χ0n) is 16.3. The van der Waals surface area contributed by atoms with E-state index in [0.717, 1.165) is 5.56 Å². The van der Waals surface area contributed by atoms with E-state index in [9.17, 15) is 14.4 Å². The summed E-state index contributed by atoms with van der Waals surface area (Å²) < 4.78 is 10.7. The van der Waals surface area contributed by atoms with Crippen LogP contribution in [-0.2, 0) is 11.3 Å². The van der Waals surface area contributed by atoms with Crippen molar-refractivity contribution in [2.45, 2.75) is 24.9 Å². The van der Waals surface area contributed by atoms with Crippen LogP contribution in [0, 0.1) is 0 Å². The number of carbonyl (C=O) groups excluding carboxylic acids is 3. The Kier molecular flexibility index (Phi) is 4.34. The van der Waals surface area contributed by atoms with Gasteiger partial charge in [-0.15, -0.1) is 0 Å². The molecule has 1 spiro atoms. The highest BCUT2D eigenvalue weighted by Gasteiger charge is 2.53. The third kappa shape index (κ3) is 3.04. The summed E-state index contributed by atoms with van der Waals surface area (Å²) in [4.78, 5) is 41.8. The molecule has 1 N–H and O–H groups in total. The first-order valence-corrected chi connectivity index (χ1v) is 9.93. The van der Waals surface area contributed by atoms with Crippen molar-refractivity contribution in [3.05, 3.63) is 59.7 Å². The van der Waals surface area contributed by atoms with Gasteiger partial charge in [-0.1, -0.05) is 30.3 Å². The Balaban J connectivity index is 1.35. The van der Waals surface area contributed by atoms with Crippen molar-refractivity contribution < 1.29 is 23.9 Å². The minimum atomic E-state index is -1.07. The number of imide groups is 1. The lowest BCUT2D eigenvalue weighted by atomic mass is 9.88. The van der Waals surface area contributed by atoms with Crippen LogP contribution in [0.3, 0.4) is 0 Å². The Morgan fingerprint density at radius 2 is 1.87 bits per heavy atom. The van der Waals surface area contributed by atoms with Gasteiger partial charge >= 0.3 is 6.03 Å². The molecule has 4 amide bonds. The maximum absolute atomic E-state index is 13.2. The average Bonchev–Trinajstić information content (AvgIpc) is 3.32. The monoisotopic (exact) mass is 407 g/mol. The Hall–Kier alpha value is -3.55. The quantitative estimate of drug-likeness (QED) is 0.788. The summed E-state index contributed by atoms with van der Waals surface area (Å²) in [5, 5.41) is 2.87. The van der Waals surface area contributed by atoms with E-state index in [0.29, 0.717) is 36.4 Å². The largest absolute Gasteiger partial charge is 0.454 e. The molecule has 5 rings (SSSR count). The predicted octanol–water partition coefficient (Wildman–Crippen LogP) is 2.14. The predicted molar refractivity (Wildman–Crippen MR) is 106 cm³/mol. The zero-order valence-corrected chi connectivity index (χ0v) is 16.3. The van der Waals surface area contributed by atoms with Crippen molar-refractivity contribution >= 4 is 17.8 Å². The number of nitrogens with one attached hydrogen (secondary N) is 1. The summed E-state index contributed by atoms with van der Waals surface area (Å²) in [6.45, 7) is 1.02. The lowest BCUT2D eigenvalue weighted by Gasteiger charge is -2.38. The molecule has 2 fully saturated rings. The van der Waals surface area contributed by atoms with Crippen molar-refractivity contribution in [1.82, 2.24) is 15.1 Å². The number of nitrogens with zero attached hydrogens (tertiary/aromatic N) is 2. The number of benzene rings is 2. The number of carbonyl (C=O) groups is 3. The summed E-state index contributed by atoms with van der Waals surface area (Å²) >= 11 is 0.